The van der Waals surface area contributed by atoms with Crippen LogP contribution >= 0.6 is 0 Å². The smallest absolute Gasteiger partial charge is 0.455 e. The summed E-state index contributed by atoms with van der Waals surface area (Å²) in [5.41, 5.74) is 6.44. The molecule has 0 aromatic heterocycles. The predicted molar refractivity (Wildman–Crippen MR) is 94.5 cm³/mol. The summed E-state index contributed by atoms with van der Waals surface area (Å²) < 4.78 is 84.0. The minimum Gasteiger partial charge on any atom is -0.455 e. The van der Waals surface area contributed by atoms with Crippen molar-refractivity contribution in [2.75, 3.05) is 5.73 Å². The molecule has 0 aliphatic carbocycles. The Bertz CT molecular complexity index is 980. The Morgan fingerprint density at radius 1 is 0.655 bits per heavy atom. The van der Waals surface area contributed by atoms with Gasteiger partial charge in [0.2, 0.25) is 0 Å². The summed E-state index contributed by atoms with van der Waals surface area (Å²) in [5, 5.41) is 0. The number of nitrogen functional groups attached to an aromatic ring is 1. The van der Waals surface area contributed by atoms with Gasteiger partial charge < -0.3 is 15.2 Å². The maximum absolute atomic E-state index is 12.6. The first-order valence-electron chi connectivity index (χ1n) is 8.12. The molecule has 3 nitrogen and oxygen atoms in total. The van der Waals surface area contributed by atoms with Gasteiger partial charge in [0.15, 0.2) is 5.75 Å². The molecule has 0 aliphatic rings. The lowest BCUT2D eigenvalue weighted by atomic mass is 10.0. The zero-order valence-corrected chi connectivity index (χ0v) is 14.5. The Morgan fingerprint density at radius 3 is 1.76 bits per heavy atom. The minimum atomic E-state index is -4.79. The van der Waals surface area contributed by atoms with Gasteiger partial charge in [0.25, 0.3) is 0 Å². The molecule has 3 aromatic rings. The van der Waals surface area contributed by atoms with Crippen LogP contribution in [0.2, 0.25) is 0 Å². The van der Waals surface area contributed by atoms with Crippen LogP contribution in [0.5, 0.6) is 17.2 Å². The molecule has 0 saturated carbocycles. The highest BCUT2D eigenvalue weighted by atomic mass is 19.4. The van der Waals surface area contributed by atoms with Gasteiger partial charge in [-0.25, -0.2) is 0 Å². The third kappa shape index (κ3) is 5.34. The fourth-order valence-electron chi connectivity index (χ4n) is 2.49. The quantitative estimate of drug-likeness (QED) is 0.385. The fraction of sp³-hybridized carbons (Fsp3) is 0.100. The average molecular weight is 413 g/mol. The molecule has 0 aliphatic heterocycles. The SMILES string of the molecule is Nc1ccc(-c2ccc(OC(F)(F)F)cc2)cc1Oc1ccc(C(F)(F)F)cc1. The largest absolute Gasteiger partial charge is 0.573 e. The summed E-state index contributed by atoms with van der Waals surface area (Å²) >= 11 is 0. The second-order valence-electron chi connectivity index (χ2n) is 5.95. The molecule has 29 heavy (non-hydrogen) atoms. The highest BCUT2D eigenvalue weighted by Gasteiger charge is 2.31. The van der Waals surface area contributed by atoms with E-state index in [1.165, 1.54) is 24.3 Å². The molecule has 0 amide bonds. The second-order valence-corrected chi connectivity index (χ2v) is 5.95. The van der Waals surface area contributed by atoms with Crippen LogP contribution in [0.3, 0.4) is 0 Å². The second kappa shape index (κ2) is 7.57. The number of alkyl halides is 6. The van der Waals surface area contributed by atoms with Gasteiger partial charge in [-0.15, -0.1) is 13.2 Å². The molecule has 0 heterocycles. The van der Waals surface area contributed by atoms with Crippen molar-refractivity contribution in [1.82, 2.24) is 0 Å². The van der Waals surface area contributed by atoms with E-state index in [0.717, 1.165) is 36.4 Å². The van der Waals surface area contributed by atoms with Gasteiger partial charge in [-0.1, -0.05) is 18.2 Å². The molecule has 0 fully saturated rings. The van der Waals surface area contributed by atoms with Crippen molar-refractivity contribution in [3.63, 3.8) is 0 Å². The number of hydrogen-bond acceptors (Lipinski definition) is 3. The summed E-state index contributed by atoms with van der Waals surface area (Å²) in [5.74, 6) is -0.0217. The molecule has 9 heteroatoms. The van der Waals surface area contributed by atoms with Crippen molar-refractivity contribution in [1.29, 1.82) is 0 Å². The maximum Gasteiger partial charge on any atom is 0.573 e. The molecule has 0 bridgehead atoms. The molecule has 2 N–H and O–H groups in total. The van der Waals surface area contributed by atoms with Gasteiger partial charge >= 0.3 is 12.5 Å². The van der Waals surface area contributed by atoms with E-state index in [0.29, 0.717) is 11.1 Å². The molecule has 0 radical (unpaired) electrons. The number of ether oxygens (including phenoxy) is 2. The van der Waals surface area contributed by atoms with Crippen molar-refractivity contribution >= 4 is 5.69 Å². The lowest BCUT2D eigenvalue weighted by Gasteiger charge is -2.13. The van der Waals surface area contributed by atoms with E-state index in [9.17, 15) is 26.3 Å². The highest BCUT2D eigenvalue weighted by Crippen LogP contribution is 2.35. The van der Waals surface area contributed by atoms with Crippen molar-refractivity contribution in [2.45, 2.75) is 12.5 Å². The van der Waals surface area contributed by atoms with E-state index >= 15 is 0 Å². The molecule has 3 aromatic carbocycles. The summed E-state index contributed by atoms with van der Waals surface area (Å²) in [4.78, 5) is 0. The zero-order valence-electron chi connectivity index (χ0n) is 14.5. The molecular weight excluding hydrogens is 400 g/mol. The van der Waals surface area contributed by atoms with Crippen LogP contribution in [0.4, 0.5) is 32.0 Å². The molecule has 0 spiro atoms. The first kappa shape index (κ1) is 20.4. The summed E-state index contributed by atoms with van der Waals surface area (Å²) in [6, 6.07) is 14.0. The van der Waals surface area contributed by atoms with Crippen molar-refractivity contribution < 1.29 is 35.8 Å². The fourth-order valence-corrected chi connectivity index (χ4v) is 2.49. The van der Waals surface area contributed by atoms with Gasteiger partial charge in [-0.3, -0.25) is 0 Å². The summed E-state index contributed by atoms with van der Waals surface area (Å²) in [6.07, 6.45) is -9.25. The van der Waals surface area contributed by atoms with Gasteiger partial charge in [0.05, 0.1) is 11.3 Å². The molecule has 0 unspecified atom stereocenters. The normalized spacial score (nSPS) is 11.9. The zero-order chi connectivity index (χ0) is 21.2. The third-order valence-corrected chi connectivity index (χ3v) is 3.84. The lowest BCUT2D eigenvalue weighted by Crippen LogP contribution is -2.16. The van der Waals surface area contributed by atoms with E-state index in [2.05, 4.69) is 4.74 Å². The number of nitrogens with two attached hydrogens (primary N) is 1. The number of benzene rings is 3. The Balaban J connectivity index is 1.81. The highest BCUT2D eigenvalue weighted by molar-refractivity contribution is 5.70. The van der Waals surface area contributed by atoms with Crippen LogP contribution in [-0.4, -0.2) is 6.36 Å². The molecule has 0 atom stereocenters. The number of halogens is 6. The van der Waals surface area contributed by atoms with E-state index in [-0.39, 0.29) is 22.9 Å². The van der Waals surface area contributed by atoms with Gasteiger partial charge in [-0.05, 0) is 59.7 Å². The van der Waals surface area contributed by atoms with Crippen molar-refractivity contribution in [3.8, 4) is 28.4 Å². The number of rotatable bonds is 4. The van der Waals surface area contributed by atoms with E-state index < -0.39 is 18.1 Å². The van der Waals surface area contributed by atoms with Crippen LogP contribution in [0.15, 0.2) is 66.7 Å². The van der Waals surface area contributed by atoms with Crippen LogP contribution in [0, 0.1) is 0 Å². The summed E-state index contributed by atoms with van der Waals surface area (Å²) in [7, 11) is 0. The Hall–Kier alpha value is -3.36. The lowest BCUT2D eigenvalue weighted by molar-refractivity contribution is -0.274. The van der Waals surface area contributed by atoms with Crippen LogP contribution in [0.25, 0.3) is 11.1 Å². The van der Waals surface area contributed by atoms with Crippen molar-refractivity contribution in [2.24, 2.45) is 0 Å². The van der Waals surface area contributed by atoms with E-state index in [4.69, 9.17) is 10.5 Å². The Labute approximate surface area is 161 Å². The van der Waals surface area contributed by atoms with E-state index in [1.807, 2.05) is 0 Å². The van der Waals surface area contributed by atoms with Crippen LogP contribution in [0.1, 0.15) is 5.56 Å². The Kier molecular flexibility index (Phi) is 5.32. The first-order valence-corrected chi connectivity index (χ1v) is 8.12. The van der Waals surface area contributed by atoms with Crippen LogP contribution < -0.4 is 15.2 Å². The molecule has 152 valence electrons. The number of hydrogen-bond donors (Lipinski definition) is 1. The predicted octanol–water partition coefficient (Wildman–Crippen LogP) is 6.65. The minimum absolute atomic E-state index is 0.149. The molecule has 3 rings (SSSR count). The standard InChI is InChI=1S/C20H13F6NO2/c21-19(22,23)14-4-8-15(9-5-14)28-18-11-13(3-10-17(18)27)12-1-6-16(7-2-12)29-20(24,25)26/h1-11H,27H2. The van der Waals surface area contributed by atoms with Crippen LogP contribution in [-0.2, 0) is 6.18 Å². The molecule has 0 saturated heterocycles. The van der Waals surface area contributed by atoms with E-state index in [1.54, 1.807) is 6.07 Å². The van der Waals surface area contributed by atoms with Crippen molar-refractivity contribution in [3.05, 3.63) is 72.3 Å². The third-order valence-electron chi connectivity index (χ3n) is 3.84. The number of anilines is 1. The summed E-state index contributed by atoms with van der Waals surface area (Å²) in [6.45, 7) is 0. The average Bonchev–Trinajstić information content (AvgIpc) is 2.63. The van der Waals surface area contributed by atoms with Gasteiger partial charge in [0, 0.05) is 0 Å². The first-order chi connectivity index (χ1) is 13.5. The topological polar surface area (TPSA) is 44.5 Å². The van der Waals surface area contributed by atoms with Gasteiger partial charge in [0.1, 0.15) is 11.5 Å². The Morgan fingerprint density at radius 2 is 1.21 bits per heavy atom. The van der Waals surface area contributed by atoms with Gasteiger partial charge in [-0.2, -0.15) is 13.2 Å². The monoisotopic (exact) mass is 413 g/mol. The molecular formula is C20H13F6NO2. The maximum atomic E-state index is 12.6.